The van der Waals surface area contributed by atoms with Gasteiger partial charge in [-0.15, -0.1) is 0 Å². The molecule has 20 heavy (non-hydrogen) atoms. The van der Waals surface area contributed by atoms with Gasteiger partial charge >= 0.3 is 0 Å². The van der Waals surface area contributed by atoms with Gasteiger partial charge in [-0.2, -0.15) is 0 Å². The predicted molar refractivity (Wildman–Crippen MR) is 88.6 cm³/mol. The molecule has 0 bridgehead atoms. The first-order valence-electron chi connectivity index (χ1n) is 7.79. The van der Waals surface area contributed by atoms with Gasteiger partial charge < -0.3 is 5.32 Å². The van der Waals surface area contributed by atoms with Crippen LogP contribution >= 0.6 is 15.9 Å². The Labute approximate surface area is 131 Å². The minimum atomic E-state index is -0.0946. The summed E-state index contributed by atoms with van der Waals surface area (Å²) in [5, 5.41) is 3.57. The van der Waals surface area contributed by atoms with Gasteiger partial charge in [0.1, 0.15) is 5.82 Å². The van der Waals surface area contributed by atoms with E-state index in [9.17, 15) is 4.39 Å². The Hall–Kier alpha value is -0.410. The molecule has 0 saturated carbocycles. The quantitative estimate of drug-likeness (QED) is 0.639. The topological polar surface area (TPSA) is 12.0 Å². The third-order valence-corrected chi connectivity index (χ3v) is 4.30. The predicted octanol–water partition coefficient (Wildman–Crippen LogP) is 5.33. The maximum absolute atomic E-state index is 14.0. The number of nitrogens with one attached hydrogen (secondary N) is 1. The Morgan fingerprint density at radius 2 is 1.80 bits per heavy atom. The summed E-state index contributed by atoms with van der Waals surface area (Å²) in [5.74, 6) is 0.534. The molecule has 0 fully saturated rings. The highest BCUT2D eigenvalue weighted by molar-refractivity contribution is 9.10. The lowest BCUT2D eigenvalue weighted by molar-refractivity contribution is 0.310. The maximum Gasteiger partial charge on any atom is 0.126 e. The molecular formula is C17H27BrFN. The Morgan fingerprint density at radius 3 is 2.35 bits per heavy atom. The fraction of sp³-hybridized carbons (Fsp3) is 0.647. The lowest BCUT2D eigenvalue weighted by Gasteiger charge is -2.28. The summed E-state index contributed by atoms with van der Waals surface area (Å²) in [7, 11) is 0. The van der Waals surface area contributed by atoms with E-state index in [0.717, 1.165) is 23.0 Å². The lowest BCUT2D eigenvalue weighted by Crippen LogP contribution is -2.38. The van der Waals surface area contributed by atoms with Crippen LogP contribution in [0.3, 0.4) is 0 Å². The van der Waals surface area contributed by atoms with E-state index in [2.05, 4.69) is 42.0 Å². The van der Waals surface area contributed by atoms with Crippen LogP contribution in [0.4, 0.5) is 4.39 Å². The molecule has 0 aliphatic heterocycles. The highest BCUT2D eigenvalue weighted by Gasteiger charge is 2.21. The van der Waals surface area contributed by atoms with Crippen molar-refractivity contribution in [3.63, 3.8) is 0 Å². The lowest BCUT2D eigenvalue weighted by atomic mass is 9.86. The fourth-order valence-electron chi connectivity index (χ4n) is 2.89. The summed E-state index contributed by atoms with van der Waals surface area (Å²) >= 11 is 3.44. The second-order valence-corrected chi connectivity index (χ2v) is 6.36. The summed E-state index contributed by atoms with van der Waals surface area (Å²) in [6.45, 7) is 7.51. The van der Waals surface area contributed by atoms with Crippen molar-refractivity contribution in [2.24, 2.45) is 5.92 Å². The molecule has 1 nitrogen and oxygen atoms in total. The van der Waals surface area contributed by atoms with Gasteiger partial charge in [0.05, 0.1) is 0 Å². The number of benzene rings is 1. The van der Waals surface area contributed by atoms with E-state index in [4.69, 9.17) is 0 Å². The molecule has 0 amide bonds. The Morgan fingerprint density at radius 1 is 1.15 bits per heavy atom. The van der Waals surface area contributed by atoms with Gasteiger partial charge in [-0.05, 0) is 55.5 Å². The van der Waals surface area contributed by atoms with E-state index in [1.54, 1.807) is 12.1 Å². The minimum absolute atomic E-state index is 0.0946. The number of rotatable bonds is 9. The first-order chi connectivity index (χ1) is 9.62. The van der Waals surface area contributed by atoms with Crippen LogP contribution in [0.2, 0.25) is 0 Å². The Bertz CT molecular complexity index is 389. The maximum atomic E-state index is 14.0. The average molecular weight is 344 g/mol. The van der Waals surface area contributed by atoms with Gasteiger partial charge in [-0.25, -0.2) is 4.39 Å². The van der Waals surface area contributed by atoms with Crippen LogP contribution in [-0.2, 0) is 6.42 Å². The molecule has 1 aromatic rings. The summed E-state index contributed by atoms with van der Waals surface area (Å²) < 4.78 is 14.9. The zero-order valence-electron chi connectivity index (χ0n) is 12.9. The summed E-state index contributed by atoms with van der Waals surface area (Å²) in [6.07, 6.45) is 5.56. The van der Waals surface area contributed by atoms with Gasteiger partial charge in [0.15, 0.2) is 0 Å². The molecule has 1 unspecified atom stereocenters. The number of hydrogen-bond acceptors (Lipinski definition) is 1. The SMILES string of the molecule is CCCC(CCC)C(Cc1cc(Br)ccc1F)NCC. The van der Waals surface area contributed by atoms with Crippen molar-refractivity contribution in [1.29, 1.82) is 0 Å². The van der Waals surface area contributed by atoms with E-state index in [0.29, 0.717) is 12.0 Å². The largest absolute Gasteiger partial charge is 0.314 e. The van der Waals surface area contributed by atoms with Gasteiger partial charge in [-0.3, -0.25) is 0 Å². The molecular weight excluding hydrogens is 317 g/mol. The zero-order valence-corrected chi connectivity index (χ0v) is 14.5. The molecule has 1 atom stereocenters. The molecule has 114 valence electrons. The molecule has 0 radical (unpaired) electrons. The van der Waals surface area contributed by atoms with Crippen LogP contribution in [0.1, 0.15) is 52.0 Å². The van der Waals surface area contributed by atoms with E-state index >= 15 is 0 Å². The molecule has 1 rings (SSSR count). The highest BCUT2D eigenvalue weighted by atomic mass is 79.9. The number of hydrogen-bond donors (Lipinski definition) is 1. The van der Waals surface area contributed by atoms with E-state index in [-0.39, 0.29) is 5.82 Å². The van der Waals surface area contributed by atoms with Gasteiger partial charge in [0, 0.05) is 10.5 Å². The van der Waals surface area contributed by atoms with Crippen molar-refractivity contribution in [2.45, 2.75) is 58.9 Å². The third kappa shape index (κ3) is 5.53. The molecule has 0 spiro atoms. The molecule has 0 heterocycles. The van der Waals surface area contributed by atoms with Crippen LogP contribution in [0.15, 0.2) is 22.7 Å². The summed E-state index contributed by atoms with van der Waals surface area (Å²) in [5.41, 5.74) is 0.808. The molecule has 1 N–H and O–H groups in total. The normalized spacial score (nSPS) is 12.9. The smallest absolute Gasteiger partial charge is 0.126 e. The third-order valence-electron chi connectivity index (χ3n) is 3.80. The van der Waals surface area contributed by atoms with E-state index in [1.165, 1.54) is 25.7 Å². The van der Waals surface area contributed by atoms with E-state index in [1.807, 2.05) is 6.07 Å². The van der Waals surface area contributed by atoms with Crippen molar-refractivity contribution in [3.8, 4) is 0 Å². The first kappa shape index (κ1) is 17.6. The van der Waals surface area contributed by atoms with Crippen molar-refractivity contribution in [1.82, 2.24) is 5.32 Å². The second-order valence-electron chi connectivity index (χ2n) is 5.44. The van der Waals surface area contributed by atoms with Crippen LogP contribution in [0, 0.1) is 11.7 Å². The van der Waals surface area contributed by atoms with E-state index < -0.39 is 0 Å². The van der Waals surface area contributed by atoms with Crippen molar-refractivity contribution in [2.75, 3.05) is 6.54 Å². The van der Waals surface area contributed by atoms with Crippen molar-refractivity contribution in [3.05, 3.63) is 34.1 Å². The first-order valence-corrected chi connectivity index (χ1v) is 8.58. The average Bonchev–Trinajstić information content (AvgIpc) is 2.42. The molecule has 3 heteroatoms. The van der Waals surface area contributed by atoms with Crippen molar-refractivity contribution >= 4 is 15.9 Å². The molecule has 1 aromatic carbocycles. The van der Waals surface area contributed by atoms with Gasteiger partial charge in [0.25, 0.3) is 0 Å². The molecule has 0 aromatic heterocycles. The summed E-state index contributed by atoms with van der Waals surface area (Å²) in [4.78, 5) is 0. The molecule has 0 aliphatic carbocycles. The van der Waals surface area contributed by atoms with Gasteiger partial charge in [0.2, 0.25) is 0 Å². The van der Waals surface area contributed by atoms with Crippen LogP contribution in [0.5, 0.6) is 0 Å². The minimum Gasteiger partial charge on any atom is -0.314 e. The van der Waals surface area contributed by atoms with Crippen molar-refractivity contribution < 1.29 is 4.39 Å². The van der Waals surface area contributed by atoms with Gasteiger partial charge in [-0.1, -0.05) is 49.5 Å². The monoisotopic (exact) mass is 343 g/mol. The van der Waals surface area contributed by atoms with Crippen LogP contribution in [-0.4, -0.2) is 12.6 Å². The Kier molecular flexibility index (Phi) is 8.39. The molecule has 0 aliphatic rings. The van der Waals surface area contributed by atoms with Crippen LogP contribution < -0.4 is 5.32 Å². The standard InChI is InChI=1S/C17H27BrFN/c1-4-7-13(8-5-2)17(20-6-3)12-14-11-15(18)9-10-16(14)19/h9-11,13,17,20H,4-8,12H2,1-3H3. The number of likely N-dealkylation sites (N-methyl/N-ethyl adjacent to an activating group) is 1. The van der Waals surface area contributed by atoms with Crippen LogP contribution in [0.25, 0.3) is 0 Å². The fourth-order valence-corrected chi connectivity index (χ4v) is 3.30. The summed E-state index contributed by atoms with van der Waals surface area (Å²) in [6, 6.07) is 5.59. The Balaban J connectivity index is 2.86. The zero-order chi connectivity index (χ0) is 15.0. The highest BCUT2D eigenvalue weighted by Crippen LogP contribution is 2.23. The second kappa shape index (κ2) is 9.51. The molecule has 0 saturated heterocycles. The number of halogens is 2.